The molecular weight excluding hydrogens is 266 g/mol. The van der Waals surface area contributed by atoms with Gasteiger partial charge in [0.1, 0.15) is 5.75 Å². The number of benzene rings is 2. The van der Waals surface area contributed by atoms with Crippen molar-refractivity contribution in [1.82, 2.24) is 0 Å². The first-order valence-electron chi connectivity index (χ1n) is 6.55. The van der Waals surface area contributed by atoms with E-state index in [0.29, 0.717) is 12.2 Å². The van der Waals surface area contributed by atoms with Gasteiger partial charge in [-0.1, -0.05) is 30.3 Å². The van der Waals surface area contributed by atoms with E-state index in [4.69, 9.17) is 10.00 Å². The minimum Gasteiger partial charge on any atom is -0.493 e. The fourth-order valence-corrected chi connectivity index (χ4v) is 2.72. The van der Waals surface area contributed by atoms with Gasteiger partial charge in [0.05, 0.1) is 18.2 Å². The van der Waals surface area contributed by atoms with Gasteiger partial charge in [-0.25, -0.2) is 0 Å². The van der Waals surface area contributed by atoms with E-state index in [9.17, 15) is 0 Å². The molecule has 0 N–H and O–H groups in total. The van der Waals surface area contributed by atoms with Gasteiger partial charge in [0, 0.05) is 11.5 Å². The molecule has 0 aromatic heterocycles. The molecule has 2 aromatic rings. The number of thioether (sulfide) groups is 1. The molecule has 2 nitrogen and oxygen atoms in total. The van der Waals surface area contributed by atoms with Crippen LogP contribution in [0.25, 0.3) is 0 Å². The van der Waals surface area contributed by atoms with E-state index in [2.05, 4.69) is 37.3 Å². The lowest BCUT2D eigenvalue weighted by Crippen LogP contribution is -2.00. The Bertz CT molecular complexity index is 604. The SMILES string of the molecule is Cc1ccccc1CSCCOc1cccc(C#N)c1. The predicted octanol–water partition coefficient (Wildman–Crippen LogP) is 4.18. The highest BCUT2D eigenvalue weighted by Gasteiger charge is 1.99. The van der Waals surface area contributed by atoms with Crippen molar-refractivity contribution in [1.29, 1.82) is 5.26 Å². The second kappa shape index (κ2) is 7.62. The van der Waals surface area contributed by atoms with Crippen molar-refractivity contribution in [2.24, 2.45) is 0 Å². The first-order valence-corrected chi connectivity index (χ1v) is 7.70. The van der Waals surface area contributed by atoms with E-state index < -0.39 is 0 Å². The Kier molecular flexibility index (Phi) is 5.52. The minimum absolute atomic E-state index is 0.634. The van der Waals surface area contributed by atoms with Crippen LogP contribution in [0.3, 0.4) is 0 Å². The van der Waals surface area contributed by atoms with Crippen LogP contribution in [0, 0.1) is 18.3 Å². The molecule has 0 aliphatic heterocycles. The zero-order chi connectivity index (χ0) is 14.2. The summed E-state index contributed by atoms with van der Waals surface area (Å²) in [7, 11) is 0. The molecule has 2 rings (SSSR count). The molecule has 0 saturated carbocycles. The van der Waals surface area contributed by atoms with Gasteiger partial charge in [-0.15, -0.1) is 0 Å². The second-order valence-corrected chi connectivity index (χ2v) is 5.57. The summed E-state index contributed by atoms with van der Waals surface area (Å²) in [6.07, 6.45) is 0. The zero-order valence-electron chi connectivity index (χ0n) is 11.5. The van der Waals surface area contributed by atoms with Crippen molar-refractivity contribution in [2.75, 3.05) is 12.4 Å². The summed E-state index contributed by atoms with van der Waals surface area (Å²) >= 11 is 1.86. The number of nitrogens with zero attached hydrogens (tertiary/aromatic N) is 1. The topological polar surface area (TPSA) is 33.0 Å². The zero-order valence-corrected chi connectivity index (χ0v) is 12.3. The minimum atomic E-state index is 0.634. The normalized spacial score (nSPS) is 10.0. The van der Waals surface area contributed by atoms with E-state index in [1.807, 2.05) is 23.9 Å². The van der Waals surface area contributed by atoms with Crippen LogP contribution in [-0.4, -0.2) is 12.4 Å². The lowest BCUT2D eigenvalue weighted by Gasteiger charge is -2.07. The molecule has 0 bridgehead atoms. The monoisotopic (exact) mass is 283 g/mol. The van der Waals surface area contributed by atoms with Gasteiger partial charge >= 0.3 is 0 Å². The number of hydrogen-bond donors (Lipinski definition) is 0. The summed E-state index contributed by atoms with van der Waals surface area (Å²) in [6, 6.07) is 17.8. The molecule has 0 amide bonds. The average Bonchev–Trinajstić information content (AvgIpc) is 2.49. The Balaban J connectivity index is 1.72. The Morgan fingerprint density at radius 2 is 2.00 bits per heavy atom. The smallest absolute Gasteiger partial charge is 0.120 e. The molecule has 0 atom stereocenters. The number of hydrogen-bond acceptors (Lipinski definition) is 3. The quantitative estimate of drug-likeness (QED) is 0.746. The van der Waals surface area contributed by atoms with Crippen LogP contribution in [0.15, 0.2) is 48.5 Å². The summed E-state index contributed by atoms with van der Waals surface area (Å²) in [4.78, 5) is 0. The maximum absolute atomic E-state index is 8.81. The highest BCUT2D eigenvalue weighted by atomic mass is 32.2. The fourth-order valence-electron chi connectivity index (χ4n) is 1.83. The molecule has 3 heteroatoms. The molecule has 0 spiro atoms. The van der Waals surface area contributed by atoms with Gasteiger partial charge in [0.2, 0.25) is 0 Å². The van der Waals surface area contributed by atoms with E-state index in [0.717, 1.165) is 17.3 Å². The number of nitriles is 1. The van der Waals surface area contributed by atoms with E-state index in [-0.39, 0.29) is 0 Å². The summed E-state index contributed by atoms with van der Waals surface area (Å²) in [6.45, 7) is 2.80. The Morgan fingerprint density at radius 3 is 2.80 bits per heavy atom. The molecule has 0 fully saturated rings. The third kappa shape index (κ3) is 4.32. The number of aryl methyl sites for hydroxylation is 1. The highest BCUT2D eigenvalue weighted by Crippen LogP contribution is 2.17. The number of rotatable bonds is 6. The van der Waals surface area contributed by atoms with Crippen molar-refractivity contribution in [2.45, 2.75) is 12.7 Å². The van der Waals surface area contributed by atoms with E-state index in [1.165, 1.54) is 11.1 Å². The lowest BCUT2D eigenvalue weighted by atomic mass is 10.1. The summed E-state index contributed by atoms with van der Waals surface area (Å²) in [5.41, 5.74) is 3.35. The third-order valence-electron chi connectivity index (χ3n) is 2.98. The van der Waals surface area contributed by atoms with Crippen molar-refractivity contribution < 1.29 is 4.74 Å². The summed E-state index contributed by atoms with van der Waals surface area (Å²) in [5, 5.41) is 8.81. The molecule has 0 aliphatic rings. The van der Waals surface area contributed by atoms with Gasteiger partial charge in [0.15, 0.2) is 0 Å². The first kappa shape index (κ1) is 14.5. The molecule has 102 valence electrons. The highest BCUT2D eigenvalue weighted by molar-refractivity contribution is 7.98. The van der Waals surface area contributed by atoms with E-state index >= 15 is 0 Å². The maximum atomic E-state index is 8.81. The van der Waals surface area contributed by atoms with Crippen LogP contribution >= 0.6 is 11.8 Å². The molecular formula is C17H17NOS. The molecule has 0 radical (unpaired) electrons. The summed E-state index contributed by atoms with van der Waals surface area (Å²) in [5.74, 6) is 2.71. The van der Waals surface area contributed by atoms with Gasteiger partial charge < -0.3 is 4.74 Å². The molecule has 20 heavy (non-hydrogen) atoms. The number of ether oxygens (including phenoxy) is 1. The largest absolute Gasteiger partial charge is 0.493 e. The van der Waals surface area contributed by atoms with Crippen LogP contribution in [0.1, 0.15) is 16.7 Å². The van der Waals surface area contributed by atoms with Gasteiger partial charge in [-0.3, -0.25) is 0 Å². The van der Waals surface area contributed by atoms with Gasteiger partial charge in [0.25, 0.3) is 0 Å². The average molecular weight is 283 g/mol. The van der Waals surface area contributed by atoms with Crippen LogP contribution < -0.4 is 4.74 Å². The molecule has 0 saturated heterocycles. The van der Waals surface area contributed by atoms with E-state index in [1.54, 1.807) is 12.1 Å². The Labute approximate surface area is 124 Å². The van der Waals surface area contributed by atoms with Crippen LogP contribution in [0.2, 0.25) is 0 Å². The van der Waals surface area contributed by atoms with Gasteiger partial charge in [-0.2, -0.15) is 17.0 Å². The van der Waals surface area contributed by atoms with Crippen molar-refractivity contribution in [3.8, 4) is 11.8 Å². The Morgan fingerprint density at radius 1 is 1.15 bits per heavy atom. The fraction of sp³-hybridized carbons (Fsp3) is 0.235. The molecule has 0 heterocycles. The predicted molar refractivity (Wildman–Crippen MR) is 84.0 cm³/mol. The molecule has 0 aliphatic carbocycles. The molecule has 2 aromatic carbocycles. The maximum Gasteiger partial charge on any atom is 0.120 e. The van der Waals surface area contributed by atoms with Crippen molar-refractivity contribution in [3.63, 3.8) is 0 Å². The first-order chi connectivity index (χ1) is 9.79. The van der Waals surface area contributed by atoms with Crippen LogP contribution in [0.5, 0.6) is 5.75 Å². The lowest BCUT2D eigenvalue weighted by molar-refractivity contribution is 0.344. The Hall–Kier alpha value is -1.92. The van der Waals surface area contributed by atoms with Gasteiger partial charge in [-0.05, 0) is 36.2 Å². The third-order valence-corrected chi connectivity index (χ3v) is 3.95. The second-order valence-electron chi connectivity index (χ2n) is 4.47. The van der Waals surface area contributed by atoms with Crippen molar-refractivity contribution >= 4 is 11.8 Å². The van der Waals surface area contributed by atoms with Crippen molar-refractivity contribution in [3.05, 3.63) is 65.2 Å². The molecule has 0 unspecified atom stereocenters. The standard InChI is InChI=1S/C17H17NOS/c1-14-5-2-3-7-16(14)13-20-10-9-19-17-8-4-6-15(11-17)12-18/h2-8,11H,9-10,13H2,1H3. The van der Waals surface area contributed by atoms with Crippen LogP contribution in [-0.2, 0) is 5.75 Å². The van der Waals surface area contributed by atoms with Crippen LogP contribution in [0.4, 0.5) is 0 Å². The summed E-state index contributed by atoms with van der Waals surface area (Å²) < 4.78 is 5.64.